The number of rotatable bonds is 4. The van der Waals surface area contributed by atoms with Gasteiger partial charge in [0.15, 0.2) is 0 Å². The highest BCUT2D eigenvalue weighted by molar-refractivity contribution is 14.1. The highest BCUT2D eigenvalue weighted by Crippen LogP contribution is 2.30. The summed E-state index contributed by atoms with van der Waals surface area (Å²) in [7, 11) is 0. The van der Waals surface area contributed by atoms with Crippen molar-refractivity contribution in [3.63, 3.8) is 0 Å². The van der Waals surface area contributed by atoms with Gasteiger partial charge in [-0.25, -0.2) is 0 Å². The second kappa shape index (κ2) is 6.27. The SMILES string of the molecule is CC(C)Cc1cccc(C(C)(O)c2ccc(I)cc2)c1. The van der Waals surface area contributed by atoms with Crippen LogP contribution in [0.15, 0.2) is 48.5 Å². The van der Waals surface area contributed by atoms with Gasteiger partial charge in [0.25, 0.3) is 0 Å². The minimum absolute atomic E-state index is 0.619. The second-order valence-corrected chi connectivity index (χ2v) is 7.12. The molecule has 0 aromatic heterocycles. The summed E-state index contributed by atoms with van der Waals surface area (Å²) >= 11 is 2.28. The zero-order valence-corrected chi connectivity index (χ0v) is 14.4. The summed E-state index contributed by atoms with van der Waals surface area (Å²) in [5.74, 6) is 0.619. The van der Waals surface area contributed by atoms with Crippen LogP contribution < -0.4 is 0 Å². The molecule has 0 saturated heterocycles. The number of benzene rings is 2. The van der Waals surface area contributed by atoms with Crippen LogP contribution in [0, 0.1) is 9.49 Å². The normalized spacial score (nSPS) is 14.3. The van der Waals surface area contributed by atoms with Gasteiger partial charge in [0.2, 0.25) is 0 Å². The maximum absolute atomic E-state index is 10.9. The molecule has 1 N–H and O–H groups in total. The molecule has 1 nitrogen and oxygen atoms in total. The van der Waals surface area contributed by atoms with Crippen molar-refractivity contribution in [2.45, 2.75) is 32.8 Å². The molecule has 0 aliphatic rings. The van der Waals surface area contributed by atoms with Gasteiger partial charge in [-0.1, -0.05) is 50.2 Å². The lowest BCUT2D eigenvalue weighted by molar-refractivity contribution is 0.102. The maximum Gasteiger partial charge on any atom is 0.112 e. The van der Waals surface area contributed by atoms with Gasteiger partial charge >= 0.3 is 0 Å². The molecule has 0 saturated carbocycles. The van der Waals surface area contributed by atoms with E-state index in [0.29, 0.717) is 5.92 Å². The molecule has 1 atom stereocenters. The molecule has 1 unspecified atom stereocenters. The zero-order chi connectivity index (χ0) is 14.8. The molecule has 0 aliphatic heterocycles. The van der Waals surface area contributed by atoms with Crippen LogP contribution in [0.25, 0.3) is 0 Å². The molecule has 106 valence electrons. The smallest absolute Gasteiger partial charge is 0.112 e. The molecule has 0 heterocycles. The van der Waals surface area contributed by atoms with E-state index < -0.39 is 5.60 Å². The van der Waals surface area contributed by atoms with E-state index in [2.05, 4.69) is 48.6 Å². The monoisotopic (exact) mass is 380 g/mol. The number of halogens is 1. The molecule has 0 fully saturated rings. The first-order valence-electron chi connectivity index (χ1n) is 6.97. The van der Waals surface area contributed by atoms with Gasteiger partial charge in [-0.2, -0.15) is 0 Å². The van der Waals surface area contributed by atoms with Crippen LogP contribution in [-0.2, 0) is 12.0 Å². The molecule has 0 amide bonds. The Balaban J connectivity index is 2.35. The van der Waals surface area contributed by atoms with Crippen molar-refractivity contribution in [1.82, 2.24) is 0 Å². The Morgan fingerprint density at radius 3 is 2.30 bits per heavy atom. The van der Waals surface area contributed by atoms with Gasteiger partial charge in [0.05, 0.1) is 0 Å². The van der Waals surface area contributed by atoms with Crippen LogP contribution in [-0.4, -0.2) is 5.11 Å². The molecule has 2 rings (SSSR count). The molecule has 2 aromatic carbocycles. The Kier molecular flexibility index (Phi) is 4.86. The predicted octanol–water partition coefficient (Wildman–Crippen LogP) is 4.75. The van der Waals surface area contributed by atoms with Gasteiger partial charge in [-0.15, -0.1) is 0 Å². The average Bonchev–Trinajstić information content (AvgIpc) is 2.39. The number of aliphatic hydroxyl groups is 1. The van der Waals surface area contributed by atoms with Crippen LogP contribution in [0.4, 0.5) is 0 Å². The van der Waals surface area contributed by atoms with E-state index in [9.17, 15) is 5.11 Å². The van der Waals surface area contributed by atoms with Crippen LogP contribution in [0.1, 0.15) is 37.5 Å². The topological polar surface area (TPSA) is 20.2 Å². The third-order valence-electron chi connectivity index (χ3n) is 3.54. The third kappa shape index (κ3) is 3.61. The maximum atomic E-state index is 10.9. The zero-order valence-electron chi connectivity index (χ0n) is 12.2. The van der Waals surface area contributed by atoms with E-state index in [1.165, 1.54) is 9.13 Å². The molecule has 0 spiro atoms. The van der Waals surface area contributed by atoms with Gasteiger partial charge < -0.3 is 5.11 Å². The average molecular weight is 380 g/mol. The van der Waals surface area contributed by atoms with E-state index in [0.717, 1.165) is 17.5 Å². The molecular formula is C18H21IO. The third-order valence-corrected chi connectivity index (χ3v) is 4.26. The van der Waals surface area contributed by atoms with Crippen LogP contribution in [0.5, 0.6) is 0 Å². The van der Waals surface area contributed by atoms with E-state index >= 15 is 0 Å². The second-order valence-electron chi connectivity index (χ2n) is 5.88. The molecule has 0 aliphatic carbocycles. The predicted molar refractivity (Wildman–Crippen MR) is 92.8 cm³/mol. The highest BCUT2D eigenvalue weighted by Gasteiger charge is 2.25. The summed E-state index contributed by atoms with van der Waals surface area (Å²) in [4.78, 5) is 0. The van der Waals surface area contributed by atoms with Crippen molar-refractivity contribution >= 4 is 22.6 Å². The summed E-state index contributed by atoms with van der Waals surface area (Å²) < 4.78 is 1.18. The van der Waals surface area contributed by atoms with Gasteiger partial charge in [-0.05, 0) is 70.7 Å². The summed E-state index contributed by atoms with van der Waals surface area (Å²) in [6.45, 7) is 6.29. The van der Waals surface area contributed by atoms with Crippen molar-refractivity contribution < 1.29 is 5.11 Å². The minimum Gasteiger partial charge on any atom is -0.381 e. The molecular weight excluding hydrogens is 359 g/mol. The number of hydrogen-bond donors (Lipinski definition) is 1. The standard InChI is InChI=1S/C18H21IO/c1-13(2)11-14-5-4-6-16(12-14)18(3,20)15-7-9-17(19)10-8-15/h4-10,12-13,20H,11H2,1-3H3. The van der Waals surface area contributed by atoms with E-state index in [1.807, 2.05) is 43.3 Å². The van der Waals surface area contributed by atoms with E-state index in [4.69, 9.17) is 0 Å². The Morgan fingerprint density at radius 1 is 1.05 bits per heavy atom. The summed E-state index contributed by atoms with van der Waals surface area (Å²) in [5.41, 5.74) is 2.22. The fourth-order valence-electron chi connectivity index (χ4n) is 2.41. The lowest BCUT2D eigenvalue weighted by Crippen LogP contribution is -2.23. The Labute approximate surface area is 135 Å². The molecule has 20 heavy (non-hydrogen) atoms. The first-order valence-corrected chi connectivity index (χ1v) is 8.05. The Hall–Kier alpha value is -0.870. The Morgan fingerprint density at radius 2 is 1.70 bits per heavy atom. The summed E-state index contributed by atoms with van der Waals surface area (Å²) in [6.07, 6.45) is 1.04. The van der Waals surface area contributed by atoms with Crippen molar-refractivity contribution in [3.05, 3.63) is 68.8 Å². The largest absolute Gasteiger partial charge is 0.381 e. The van der Waals surface area contributed by atoms with Crippen LogP contribution >= 0.6 is 22.6 Å². The summed E-state index contributed by atoms with van der Waals surface area (Å²) in [6, 6.07) is 16.3. The minimum atomic E-state index is -0.947. The molecule has 2 aromatic rings. The van der Waals surface area contributed by atoms with E-state index in [-0.39, 0.29) is 0 Å². The van der Waals surface area contributed by atoms with Gasteiger partial charge in [-0.3, -0.25) is 0 Å². The van der Waals surface area contributed by atoms with Crippen molar-refractivity contribution in [3.8, 4) is 0 Å². The van der Waals surface area contributed by atoms with Gasteiger partial charge in [0.1, 0.15) is 5.60 Å². The molecule has 2 heteroatoms. The van der Waals surface area contributed by atoms with Crippen molar-refractivity contribution in [2.24, 2.45) is 5.92 Å². The highest BCUT2D eigenvalue weighted by atomic mass is 127. The van der Waals surface area contributed by atoms with Gasteiger partial charge in [0, 0.05) is 3.57 Å². The fourth-order valence-corrected chi connectivity index (χ4v) is 2.77. The van der Waals surface area contributed by atoms with Crippen molar-refractivity contribution in [2.75, 3.05) is 0 Å². The number of hydrogen-bond acceptors (Lipinski definition) is 1. The Bertz CT molecular complexity index is 570. The first kappa shape index (κ1) is 15.5. The fraction of sp³-hybridized carbons (Fsp3) is 0.333. The van der Waals surface area contributed by atoms with E-state index in [1.54, 1.807) is 0 Å². The lowest BCUT2D eigenvalue weighted by atomic mass is 9.86. The van der Waals surface area contributed by atoms with Crippen LogP contribution in [0.3, 0.4) is 0 Å². The molecule has 0 bridgehead atoms. The quantitative estimate of drug-likeness (QED) is 0.760. The van der Waals surface area contributed by atoms with Crippen molar-refractivity contribution in [1.29, 1.82) is 0 Å². The summed E-state index contributed by atoms with van der Waals surface area (Å²) in [5, 5.41) is 10.9. The lowest BCUT2D eigenvalue weighted by Gasteiger charge is -2.25. The first-order chi connectivity index (χ1) is 9.39. The van der Waals surface area contributed by atoms with Crippen LogP contribution in [0.2, 0.25) is 0 Å². The molecule has 0 radical (unpaired) electrons.